The van der Waals surface area contributed by atoms with Crippen molar-refractivity contribution in [3.8, 4) is 0 Å². The van der Waals surface area contributed by atoms with Gasteiger partial charge in [-0.05, 0) is 25.3 Å². The van der Waals surface area contributed by atoms with E-state index in [0.717, 1.165) is 19.4 Å². The molecule has 19 heavy (non-hydrogen) atoms. The Hall–Kier alpha value is -1.55. The Morgan fingerprint density at radius 2 is 2.16 bits per heavy atom. The number of carbonyl (C=O) groups excluding carboxylic acids is 1. The second kappa shape index (κ2) is 6.57. The summed E-state index contributed by atoms with van der Waals surface area (Å²) < 4.78 is 0. The van der Waals surface area contributed by atoms with Gasteiger partial charge >= 0.3 is 6.03 Å². The third-order valence-corrected chi connectivity index (χ3v) is 3.64. The van der Waals surface area contributed by atoms with Crippen molar-refractivity contribution >= 4 is 6.03 Å². The summed E-state index contributed by atoms with van der Waals surface area (Å²) in [5.74, 6) is 0.253. The Balaban J connectivity index is 1.71. The fraction of sp³-hybridized carbons (Fsp3) is 0.533. The molecule has 2 rings (SSSR count). The molecule has 0 bridgehead atoms. The summed E-state index contributed by atoms with van der Waals surface area (Å²) in [5.41, 5.74) is 2.49. The minimum absolute atomic E-state index is 0.0111. The van der Waals surface area contributed by atoms with Gasteiger partial charge in [-0.3, -0.25) is 0 Å². The number of hydrogen-bond acceptors (Lipinski definition) is 2. The van der Waals surface area contributed by atoms with E-state index in [9.17, 15) is 4.79 Å². The molecule has 1 aromatic rings. The molecule has 1 unspecified atom stereocenters. The molecule has 1 fully saturated rings. The number of aliphatic hydroxyl groups excluding tert-OH is 1. The second-order valence-electron chi connectivity index (χ2n) is 5.25. The zero-order valence-electron chi connectivity index (χ0n) is 11.4. The summed E-state index contributed by atoms with van der Waals surface area (Å²) in [7, 11) is 0. The highest BCUT2D eigenvalue weighted by atomic mass is 16.3. The van der Waals surface area contributed by atoms with Gasteiger partial charge in [0.15, 0.2) is 0 Å². The Kier molecular flexibility index (Phi) is 4.80. The predicted octanol–water partition coefficient (Wildman–Crippen LogP) is 1.56. The number of nitrogens with one attached hydrogen (secondary N) is 1. The van der Waals surface area contributed by atoms with Crippen molar-refractivity contribution < 1.29 is 9.90 Å². The van der Waals surface area contributed by atoms with Crippen molar-refractivity contribution in [1.82, 2.24) is 10.2 Å². The number of benzene rings is 1. The van der Waals surface area contributed by atoms with Crippen LogP contribution in [0.4, 0.5) is 4.79 Å². The Morgan fingerprint density at radius 3 is 2.79 bits per heavy atom. The average Bonchev–Trinajstić information content (AvgIpc) is 2.90. The number of amides is 2. The Bertz CT molecular complexity index is 417. The fourth-order valence-electron chi connectivity index (χ4n) is 2.35. The molecule has 4 nitrogen and oxygen atoms in total. The van der Waals surface area contributed by atoms with E-state index in [-0.39, 0.29) is 18.6 Å². The quantitative estimate of drug-likeness (QED) is 0.865. The molecule has 1 saturated heterocycles. The summed E-state index contributed by atoms with van der Waals surface area (Å²) >= 11 is 0. The molecule has 1 aliphatic heterocycles. The lowest BCUT2D eigenvalue weighted by molar-refractivity contribution is 0.198. The van der Waals surface area contributed by atoms with E-state index in [1.165, 1.54) is 11.1 Å². The molecular formula is C15H22N2O2. The van der Waals surface area contributed by atoms with Crippen LogP contribution in [0.2, 0.25) is 0 Å². The Labute approximate surface area is 114 Å². The van der Waals surface area contributed by atoms with Crippen LogP contribution in [0, 0.1) is 12.8 Å². The minimum Gasteiger partial charge on any atom is -0.396 e. The van der Waals surface area contributed by atoms with Crippen LogP contribution in [-0.4, -0.2) is 42.3 Å². The van der Waals surface area contributed by atoms with E-state index < -0.39 is 0 Å². The van der Waals surface area contributed by atoms with Crippen molar-refractivity contribution in [1.29, 1.82) is 0 Å². The molecule has 0 radical (unpaired) electrons. The SMILES string of the molecule is Cc1ccc(CCNC(=O)N2CCC(CO)C2)cc1. The molecular weight excluding hydrogens is 240 g/mol. The van der Waals surface area contributed by atoms with Crippen LogP contribution in [0.15, 0.2) is 24.3 Å². The van der Waals surface area contributed by atoms with Crippen molar-refractivity contribution in [2.75, 3.05) is 26.2 Å². The molecule has 0 spiro atoms. The summed E-state index contributed by atoms with van der Waals surface area (Å²) in [6.45, 7) is 4.32. The van der Waals surface area contributed by atoms with Gasteiger partial charge in [0.2, 0.25) is 0 Å². The highest BCUT2D eigenvalue weighted by Crippen LogP contribution is 2.15. The number of aliphatic hydroxyl groups is 1. The van der Waals surface area contributed by atoms with E-state index in [0.29, 0.717) is 13.1 Å². The number of nitrogens with zero attached hydrogens (tertiary/aromatic N) is 1. The van der Waals surface area contributed by atoms with Crippen LogP contribution in [0.25, 0.3) is 0 Å². The molecule has 0 aromatic heterocycles. The lowest BCUT2D eigenvalue weighted by atomic mass is 10.1. The van der Waals surface area contributed by atoms with Gasteiger partial charge in [0, 0.05) is 32.2 Å². The number of likely N-dealkylation sites (tertiary alicyclic amines) is 1. The lowest BCUT2D eigenvalue weighted by Gasteiger charge is -2.17. The number of carbonyl (C=O) groups is 1. The maximum atomic E-state index is 11.9. The molecule has 2 amide bonds. The highest BCUT2D eigenvalue weighted by Gasteiger charge is 2.25. The average molecular weight is 262 g/mol. The monoisotopic (exact) mass is 262 g/mol. The van der Waals surface area contributed by atoms with E-state index in [1.807, 2.05) is 0 Å². The number of hydrogen-bond donors (Lipinski definition) is 2. The summed E-state index contributed by atoms with van der Waals surface area (Å²) in [4.78, 5) is 13.7. The van der Waals surface area contributed by atoms with E-state index in [4.69, 9.17) is 5.11 Å². The maximum absolute atomic E-state index is 11.9. The summed E-state index contributed by atoms with van der Waals surface area (Å²) in [6, 6.07) is 8.36. The van der Waals surface area contributed by atoms with Gasteiger partial charge in [0.1, 0.15) is 0 Å². The maximum Gasteiger partial charge on any atom is 0.317 e. The topological polar surface area (TPSA) is 52.6 Å². The molecule has 4 heteroatoms. The van der Waals surface area contributed by atoms with Gasteiger partial charge in [-0.1, -0.05) is 29.8 Å². The van der Waals surface area contributed by atoms with E-state index in [2.05, 4.69) is 36.5 Å². The zero-order chi connectivity index (χ0) is 13.7. The predicted molar refractivity (Wildman–Crippen MR) is 75.0 cm³/mol. The molecule has 1 aliphatic rings. The van der Waals surface area contributed by atoms with Gasteiger partial charge < -0.3 is 15.3 Å². The van der Waals surface area contributed by atoms with Crippen molar-refractivity contribution in [2.45, 2.75) is 19.8 Å². The fourth-order valence-corrected chi connectivity index (χ4v) is 2.35. The first kappa shape index (κ1) is 13.9. The van der Waals surface area contributed by atoms with Crippen LogP contribution >= 0.6 is 0 Å². The number of aryl methyl sites for hydroxylation is 1. The van der Waals surface area contributed by atoms with Gasteiger partial charge in [-0.15, -0.1) is 0 Å². The summed E-state index contributed by atoms with van der Waals surface area (Å²) in [5, 5.41) is 12.0. The van der Waals surface area contributed by atoms with Gasteiger partial charge in [0.05, 0.1) is 0 Å². The normalized spacial score (nSPS) is 18.6. The van der Waals surface area contributed by atoms with Crippen LogP contribution in [-0.2, 0) is 6.42 Å². The Morgan fingerprint density at radius 1 is 1.42 bits per heavy atom. The number of urea groups is 1. The van der Waals surface area contributed by atoms with Gasteiger partial charge in [-0.25, -0.2) is 4.79 Å². The third kappa shape index (κ3) is 3.96. The largest absolute Gasteiger partial charge is 0.396 e. The smallest absolute Gasteiger partial charge is 0.317 e. The molecule has 1 aromatic carbocycles. The van der Waals surface area contributed by atoms with Crippen LogP contribution in [0.1, 0.15) is 17.5 Å². The zero-order valence-corrected chi connectivity index (χ0v) is 11.4. The molecule has 1 heterocycles. The van der Waals surface area contributed by atoms with Gasteiger partial charge in [-0.2, -0.15) is 0 Å². The standard InChI is InChI=1S/C15H22N2O2/c1-12-2-4-13(5-3-12)6-8-16-15(19)17-9-7-14(10-17)11-18/h2-5,14,18H,6-11H2,1H3,(H,16,19). The van der Waals surface area contributed by atoms with Crippen LogP contribution < -0.4 is 5.32 Å². The first-order valence-corrected chi connectivity index (χ1v) is 6.88. The van der Waals surface area contributed by atoms with Crippen molar-refractivity contribution in [2.24, 2.45) is 5.92 Å². The molecule has 2 N–H and O–H groups in total. The molecule has 0 aliphatic carbocycles. The van der Waals surface area contributed by atoms with Crippen LogP contribution in [0.3, 0.4) is 0 Å². The number of rotatable bonds is 4. The van der Waals surface area contributed by atoms with Gasteiger partial charge in [0.25, 0.3) is 0 Å². The highest BCUT2D eigenvalue weighted by molar-refractivity contribution is 5.74. The van der Waals surface area contributed by atoms with Crippen molar-refractivity contribution in [3.63, 3.8) is 0 Å². The molecule has 104 valence electrons. The molecule has 1 atom stereocenters. The summed E-state index contributed by atoms with van der Waals surface area (Å²) in [6.07, 6.45) is 1.76. The second-order valence-corrected chi connectivity index (χ2v) is 5.25. The van der Waals surface area contributed by atoms with E-state index >= 15 is 0 Å². The lowest BCUT2D eigenvalue weighted by Crippen LogP contribution is -2.39. The molecule has 0 saturated carbocycles. The van der Waals surface area contributed by atoms with Crippen molar-refractivity contribution in [3.05, 3.63) is 35.4 Å². The minimum atomic E-state index is -0.0111. The van der Waals surface area contributed by atoms with E-state index in [1.54, 1.807) is 4.90 Å². The third-order valence-electron chi connectivity index (χ3n) is 3.64. The first-order valence-electron chi connectivity index (χ1n) is 6.88. The first-order chi connectivity index (χ1) is 9.19. The van der Waals surface area contributed by atoms with Crippen LogP contribution in [0.5, 0.6) is 0 Å².